The fourth-order valence-electron chi connectivity index (χ4n) is 3.34. The van der Waals surface area contributed by atoms with Gasteiger partial charge in [-0.25, -0.2) is 13.6 Å². The predicted molar refractivity (Wildman–Crippen MR) is 106 cm³/mol. The molecule has 1 atom stereocenters. The lowest BCUT2D eigenvalue weighted by Gasteiger charge is -2.22. The van der Waals surface area contributed by atoms with Crippen LogP contribution in [0.15, 0.2) is 30.3 Å². The van der Waals surface area contributed by atoms with Crippen LogP contribution < -0.4 is 10.8 Å². The first-order valence-corrected chi connectivity index (χ1v) is 9.52. The number of amides is 1. The molecule has 30 heavy (non-hydrogen) atoms. The summed E-state index contributed by atoms with van der Waals surface area (Å²) in [4.78, 5) is 25.4. The predicted octanol–water partition coefficient (Wildman–Crippen LogP) is 1.99. The number of hydrogen-bond acceptors (Lipinski definition) is 5. The zero-order valence-corrected chi connectivity index (χ0v) is 16.9. The van der Waals surface area contributed by atoms with Crippen LogP contribution >= 0.6 is 0 Å². The van der Waals surface area contributed by atoms with E-state index >= 15 is 0 Å². The van der Waals surface area contributed by atoms with Gasteiger partial charge < -0.3 is 19.7 Å². The van der Waals surface area contributed by atoms with Gasteiger partial charge in [-0.2, -0.15) is 0 Å². The number of hydrogen-bond donors (Lipinski definition) is 2. The first-order chi connectivity index (χ1) is 14.2. The Bertz CT molecular complexity index is 982. The van der Waals surface area contributed by atoms with Gasteiger partial charge in [0.05, 0.1) is 6.61 Å². The van der Waals surface area contributed by atoms with Crippen LogP contribution in [0.5, 0.6) is 0 Å². The number of rotatable bonds is 6. The van der Waals surface area contributed by atoms with Crippen molar-refractivity contribution in [1.29, 1.82) is 0 Å². The average molecular weight is 417 g/mol. The van der Waals surface area contributed by atoms with Gasteiger partial charge in [-0.15, -0.1) is 0 Å². The maximum atomic E-state index is 13.3. The average Bonchev–Trinajstić information content (AvgIpc) is 3.08. The van der Waals surface area contributed by atoms with E-state index in [2.05, 4.69) is 5.32 Å². The molecular formula is C21H22BF2NO5. The van der Waals surface area contributed by atoms with E-state index in [1.807, 2.05) is 0 Å². The third-order valence-corrected chi connectivity index (χ3v) is 5.07. The van der Waals surface area contributed by atoms with Gasteiger partial charge >= 0.3 is 13.1 Å². The standard InChI is InChI=1S/C21H22BF2NO5/c1-11(2)19(21(27)29-9-13-4-7-16(23)17(24)8-13)25-20(26)15-6-5-14-10-30-22(28)18(14)12(15)3/h4-8,11,19,28H,9-10H2,1-3H3,(H,25,26)/t19-/m0/s1. The van der Waals surface area contributed by atoms with Crippen molar-refractivity contribution in [3.05, 3.63) is 64.2 Å². The lowest BCUT2D eigenvalue weighted by atomic mass is 9.75. The van der Waals surface area contributed by atoms with E-state index in [1.54, 1.807) is 32.9 Å². The zero-order valence-electron chi connectivity index (χ0n) is 16.9. The number of halogens is 2. The summed E-state index contributed by atoms with van der Waals surface area (Å²) in [7, 11) is -1.09. The van der Waals surface area contributed by atoms with Crippen LogP contribution in [-0.2, 0) is 27.4 Å². The number of carbonyl (C=O) groups is 2. The molecule has 3 rings (SSSR count). The minimum atomic E-state index is -1.09. The summed E-state index contributed by atoms with van der Waals surface area (Å²) in [5.41, 5.74) is 2.55. The molecule has 9 heteroatoms. The van der Waals surface area contributed by atoms with Gasteiger partial charge in [0, 0.05) is 5.56 Å². The maximum Gasteiger partial charge on any atom is 0.492 e. The number of benzene rings is 2. The van der Waals surface area contributed by atoms with Crippen LogP contribution in [0.4, 0.5) is 8.78 Å². The van der Waals surface area contributed by atoms with E-state index in [-0.39, 0.29) is 19.1 Å². The third-order valence-electron chi connectivity index (χ3n) is 5.07. The molecule has 2 aromatic rings. The van der Waals surface area contributed by atoms with Crippen LogP contribution in [0, 0.1) is 24.5 Å². The highest BCUT2D eigenvalue weighted by atomic mass is 19.2. The van der Waals surface area contributed by atoms with E-state index in [0.717, 1.165) is 17.7 Å². The van der Waals surface area contributed by atoms with Crippen molar-refractivity contribution in [2.45, 2.75) is 40.0 Å². The second-order valence-electron chi connectivity index (χ2n) is 7.53. The van der Waals surface area contributed by atoms with Crippen molar-refractivity contribution in [3.8, 4) is 0 Å². The van der Waals surface area contributed by atoms with Crippen molar-refractivity contribution in [3.63, 3.8) is 0 Å². The highest BCUT2D eigenvalue weighted by Crippen LogP contribution is 2.17. The first kappa shape index (κ1) is 21.9. The van der Waals surface area contributed by atoms with Gasteiger partial charge in [-0.05, 0) is 53.2 Å². The zero-order chi connectivity index (χ0) is 22.0. The monoisotopic (exact) mass is 417 g/mol. The van der Waals surface area contributed by atoms with Gasteiger partial charge in [0.2, 0.25) is 0 Å². The molecule has 1 aliphatic heterocycles. The highest BCUT2D eigenvalue weighted by Gasteiger charge is 2.32. The van der Waals surface area contributed by atoms with Crippen LogP contribution in [0.3, 0.4) is 0 Å². The summed E-state index contributed by atoms with van der Waals surface area (Å²) in [6.07, 6.45) is 0. The molecule has 1 aliphatic rings. The fraction of sp³-hybridized carbons (Fsp3) is 0.333. The largest absolute Gasteiger partial charge is 0.492 e. The van der Waals surface area contributed by atoms with E-state index in [4.69, 9.17) is 9.39 Å². The lowest BCUT2D eigenvalue weighted by molar-refractivity contribution is -0.148. The van der Waals surface area contributed by atoms with Crippen molar-refractivity contribution in [2.24, 2.45) is 5.92 Å². The number of esters is 1. The molecule has 0 aliphatic carbocycles. The molecule has 158 valence electrons. The number of carbonyl (C=O) groups excluding carboxylic acids is 2. The number of fused-ring (bicyclic) bond motifs is 1. The minimum Gasteiger partial charge on any atom is -0.459 e. The van der Waals surface area contributed by atoms with Crippen LogP contribution in [0.2, 0.25) is 0 Å². The molecule has 6 nitrogen and oxygen atoms in total. The molecule has 0 radical (unpaired) electrons. The Morgan fingerprint density at radius 1 is 1.23 bits per heavy atom. The summed E-state index contributed by atoms with van der Waals surface area (Å²) in [5, 5.41) is 12.6. The van der Waals surface area contributed by atoms with Crippen molar-refractivity contribution in [2.75, 3.05) is 0 Å². The quantitative estimate of drug-likeness (QED) is 0.555. The van der Waals surface area contributed by atoms with Gasteiger partial charge in [0.15, 0.2) is 11.6 Å². The number of ether oxygens (including phenoxy) is 1. The molecule has 2 N–H and O–H groups in total. The van der Waals surface area contributed by atoms with Crippen molar-refractivity contribution in [1.82, 2.24) is 5.32 Å². The molecule has 0 saturated heterocycles. The van der Waals surface area contributed by atoms with Crippen LogP contribution in [0.1, 0.15) is 40.9 Å². The SMILES string of the molecule is Cc1c(C(=O)N[C@H](C(=O)OCc2ccc(F)c(F)c2)C(C)C)ccc2c1B(O)OC2. The third kappa shape index (κ3) is 4.52. The Kier molecular flexibility index (Phi) is 6.53. The Balaban J connectivity index is 1.71. The molecule has 1 amide bonds. The molecule has 0 spiro atoms. The summed E-state index contributed by atoms with van der Waals surface area (Å²) in [6.45, 7) is 5.21. The van der Waals surface area contributed by atoms with Gasteiger partial charge in [-0.3, -0.25) is 4.79 Å². The van der Waals surface area contributed by atoms with Gasteiger partial charge in [-0.1, -0.05) is 26.0 Å². The van der Waals surface area contributed by atoms with Crippen molar-refractivity contribution >= 4 is 24.5 Å². The Morgan fingerprint density at radius 2 is 1.97 bits per heavy atom. The van der Waals surface area contributed by atoms with Crippen LogP contribution in [0.25, 0.3) is 0 Å². The van der Waals surface area contributed by atoms with E-state index in [1.165, 1.54) is 6.07 Å². The summed E-state index contributed by atoms with van der Waals surface area (Å²) in [6, 6.07) is 5.60. The van der Waals surface area contributed by atoms with Gasteiger partial charge in [0.1, 0.15) is 12.6 Å². The Labute approximate surface area is 173 Å². The number of nitrogens with one attached hydrogen (secondary N) is 1. The maximum absolute atomic E-state index is 13.3. The van der Waals surface area contributed by atoms with Crippen molar-refractivity contribution < 1.29 is 32.8 Å². The molecule has 0 saturated carbocycles. The van der Waals surface area contributed by atoms with E-state index < -0.39 is 36.7 Å². The summed E-state index contributed by atoms with van der Waals surface area (Å²) in [5.74, 6) is -3.48. The highest BCUT2D eigenvalue weighted by molar-refractivity contribution is 6.62. The first-order valence-electron chi connectivity index (χ1n) is 9.52. The smallest absolute Gasteiger partial charge is 0.459 e. The topological polar surface area (TPSA) is 84.9 Å². The normalized spacial score (nSPS) is 13.9. The summed E-state index contributed by atoms with van der Waals surface area (Å²) < 4.78 is 36.7. The lowest BCUT2D eigenvalue weighted by Crippen LogP contribution is -2.46. The molecule has 1 heterocycles. The molecule has 0 bridgehead atoms. The van der Waals surface area contributed by atoms with Crippen LogP contribution in [-0.4, -0.2) is 30.1 Å². The minimum absolute atomic E-state index is 0.253. The molecule has 0 aromatic heterocycles. The summed E-state index contributed by atoms with van der Waals surface area (Å²) >= 11 is 0. The van der Waals surface area contributed by atoms with E-state index in [9.17, 15) is 23.4 Å². The molecule has 0 unspecified atom stereocenters. The van der Waals surface area contributed by atoms with E-state index in [0.29, 0.717) is 22.2 Å². The second kappa shape index (κ2) is 8.93. The Hall–Kier alpha value is -2.78. The fourth-order valence-corrected chi connectivity index (χ4v) is 3.34. The molecule has 0 fully saturated rings. The molecule has 2 aromatic carbocycles. The Morgan fingerprint density at radius 3 is 2.63 bits per heavy atom. The second-order valence-corrected chi connectivity index (χ2v) is 7.53. The molecular weight excluding hydrogens is 395 g/mol. The van der Waals surface area contributed by atoms with Gasteiger partial charge in [0.25, 0.3) is 5.91 Å².